The van der Waals surface area contributed by atoms with Gasteiger partial charge in [-0.05, 0) is 50.9 Å². The molecule has 0 spiro atoms. The Morgan fingerprint density at radius 3 is 2.86 bits per heavy atom. The zero-order chi connectivity index (χ0) is 15.1. The molecule has 3 fully saturated rings. The quantitative estimate of drug-likeness (QED) is 0.945. The number of fused-ring (bicyclic) bond motifs is 3. The third kappa shape index (κ3) is 2.57. The van der Waals surface area contributed by atoms with Crippen molar-refractivity contribution in [3.63, 3.8) is 0 Å². The molecule has 0 aromatic carbocycles. The zero-order valence-electron chi connectivity index (χ0n) is 12.5. The van der Waals surface area contributed by atoms with Crippen LogP contribution >= 0.6 is 11.3 Å². The van der Waals surface area contributed by atoms with Gasteiger partial charge in [0.2, 0.25) is 5.89 Å². The van der Waals surface area contributed by atoms with Gasteiger partial charge in [0.05, 0.1) is 15.4 Å². The van der Waals surface area contributed by atoms with Crippen molar-refractivity contribution in [2.45, 2.75) is 25.8 Å². The highest BCUT2D eigenvalue weighted by atomic mass is 32.1. The monoisotopic (exact) mass is 317 g/mol. The number of piperidine rings is 3. The van der Waals surface area contributed by atoms with Gasteiger partial charge in [-0.2, -0.15) is 0 Å². The molecule has 0 aliphatic carbocycles. The molecule has 1 amide bonds. The van der Waals surface area contributed by atoms with Gasteiger partial charge in [0, 0.05) is 12.6 Å². The number of hydrogen-bond acceptors (Lipinski definition) is 5. The van der Waals surface area contributed by atoms with Crippen LogP contribution in [0, 0.1) is 12.8 Å². The van der Waals surface area contributed by atoms with Crippen LogP contribution in [-0.2, 0) is 0 Å². The summed E-state index contributed by atoms with van der Waals surface area (Å²) in [5, 5.41) is 3.22. The van der Waals surface area contributed by atoms with Crippen LogP contribution in [0.5, 0.6) is 0 Å². The van der Waals surface area contributed by atoms with Crippen molar-refractivity contribution >= 4 is 17.2 Å². The first kappa shape index (κ1) is 14.0. The smallest absolute Gasteiger partial charge is 0.261 e. The lowest BCUT2D eigenvalue weighted by atomic mass is 9.84. The van der Waals surface area contributed by atoms with E-state index in [1.54, 1.807) is 6.26 Å². The lowest BCUT2D eigenvalue weighted by Crippen LogP contribution is -2.57. The zero-order valence-corrected chi connectivity index (χ0v) is 13.4. The number of carbonyl (C=O) groups is 1. The highest BCUT2D eigenvalue weighted by Gasteiger charge is 2.35. The molecule has 2 aromatic heterocycles. The summed E-state index contributed by atoms with van der Waals surface area (Å²) in [7, 11) is 0. The third-order valence-corrected chi connectivity index (χ3v) is 5.70. The minimum atomic E-state index is 0.0262. The van der Waals surface area contributed by atoms with Crippen LogP contribution in [0.4, 0.5) is 0 Å². The van der Waals surface area contributed by atoms with Crippen molar-refractivity contribution < 1.29 is 9.21 Å². The van der Waals surface area contributed by atoms with Gasteiger partial charge in [0.25, 0.3) is 5.91 Å². The number of aromatic nitrogens is 1. The number of carbonyl (C=O) groups excluding carboxylic acids is 1. The fraction of sp³-hybridized carbons (Fsp3) is 0.500. The average Bonchev–Trinajstić information content (AvgIpc) is 3.17. The molecule has 5 heterocycles. The summed E-state index contributed by atoms with van der Waals surface area (Å²) in [5.41, 5.74) is 0.849. The number of hydrogen-bond donors (Lipinski definition) is 1. The van der Waals surface area contributed by atoms with Crippen molar-refractivity contribution in [3.8, 4) is 10.8 Å². The predicted octanol–water partition coefficient (Wildman–Crippen LogP) is 2.54. The first-order valence-corrected chi connectivity index (χ1v) is 8.56. The molecule has 3 aliphatic rings. The maximum atomic E-state index is 12.5. The summed E-state index contributed by atoms with van der Waals surface area (Å²) < 4.78 is 5.39. The van der Waals surface area contributed by atoms with Gasteiger partial charge < -0.3 is 14.6 Å². The Kier molecular flexibility index (Phi) is 3.50. The minimum absolute atomic E-state index is 0.0262. The van der Waals surface area contributed by atoms with Crippen LogP contribution in [0.1, 0.15) is 28.2 Å². The second-order valence-electron chi connectivity index (χ2n) is 6.18. The topological polar surface area (TPSA) is 58.4 Å². The van der Waals surface area contributed by atoms with E-state index in [1.807, 2.05) is 19.1 Å². The van der Waals surface area contributed by atoms with E-state index in [0.717, 1.165) is 22.0 Å². The van der Waals surface area contributed by atoms with Crippen molar-refractivity contribution in [2.75, 3.05) is 19.6 Å². The van der Waals surface area contributed by atoms with E-state index in [-0.39, 0.29) is 5.91 Å². The van der Waals surface area contributed by atoms with E-state index in [2.05, 4.69) is 15.2 Å². The van der Waals surface area contributed by atoms with Crippen molar-refractivity contribution in [3.05, 3.63) is 29.0 Å². The Morgan fingerprint density at radius 2 is 2.23 bits per heavy atom. The maximum Gasteiger partial charge on any atom is 0.261 e. The molecule has 6 heteroatoms. The number of thiophene rings is 1. The predicted molar refractivity (Wildman–Crippen MR) is 85.0 cm³/mol. The fourth-order valence-corrected chi connectivity index (χ4v) is 4.25. The molecule has 0 radical (unpaired) electrons. The molecule has 5 rings (SSSR count). The molecule has 116 valence electrons. The van der Waals surface area contributed by atoms with Crippen LogP contribution in [-0.4, -0.2) is 41.5 Å². The summed E-state index contributed by atoms with van der Waals surface area (Å²) in [4.78, 5) is 20.8. The second-order valence-corrected chi connectivity index (χ2v) is 7.26. The number of aryl methyl sites for hydroxylation is 1. The van der Waals surface area contributed by atoms with Crippen LogP contribution in [0.2, 0.25) is 0 Å². The Balaban J connectivity index is 1.46. The molecule has 2 bridgehead atoms. The van der Waals surface area contributed by atoms with Crippen molar-refractivity contribution in [1.82, 2.24) is 15.2 Å². The molecule has 1 N–H and O–H groups in total. The summed E-state index contributed by atoms with van der Waals surface area (Å²) >= 11 is 1.43. The number of nitrogens with zero attached hydrogens (tertiary/aromatic N) is 2. The Bertz CT molecular complexity index is 685. The van der Waals surface area contributed by atoms with E-state index >= 15 is 0 Å². The highest BCUT2D eigenvalue weighted by Crippen LogP contribution is 2.30. The molecule has 3 saturated heterocycles. The van der Waals surface area contributed by atoms with Crippen LogP contribution < -0.4 is 5.32 Å². The van der Waals surface area contributed by atoms with E-state index in [1.165, 1.54) is 37.3 Å². The van der Waals surface area contributed by atoms with Gasteiger partial charge in [0.1, 0.15) is 6.26 Å². The van der Waals surface area contributed by atoms with Gasteiger partial charge in [-0.3, -0.25) is 4.79 Å². The lowest BCUT2D eigenvalue weighted by molar-refractivity contribution is 0.0622. The molecular weight excluding hydrogens is 298 g/mol. The Labute approximate surface area is 133 Å². The van der Waals surface area contributed by atoms with Gasteiger partial charge >= 0.3 is 0 Å². The minimum Gasteiger partial charge on any atom is -0.444 e. The summed E-state index contributed by atoms with van der Waals surface area (Å²) in [6.45, 7) is 5.25. The highest BCUT2D eigenvalue weighted by molar-refractivity contribution is 7.17. The van der Waals surface area contributed by atoms with Crippen molar-refractivity contribution in [1.29, 1.82) is 0 Å². The summed E-state index contributed by atoms with van der Waals surface area (Å²) in [6, 6.07) is 4.06. The van der Waals surface area contributed by atoms with Gasteiger partial charge in [-0.1, -0.05) is 0 Å². The van der Waals surface area contributed by atoms with E-state index in [0.29, 0.717) is 17.9 Å². The van der Waals surface area contributed by atoms with Gasteiger partial charge in [-0.25, -0.2) is 4.98 Å². The third-order valence-electron chi connectivity index (χ3n) is 4.63. The SMILES string of the molecule is Cc1coc(-c2ccc(C(=O)N[C@H]3CN4CCC3CC4)s2)n1. The fourth-order valence-electron chi connectivity index (χ4n) is 3.41. The Hall–Kier alpha value is -1.66. The first-order valence-electron chi connectivity index (χ1n) is 7.74. The standard InChI is InChI=1S/C16H19N3O2S/c1-10-9-21-16(17-10)14-3-2-13(22-14)15(20)18-12-8-19-6-4-11(12)5-7-19/h2-3,9,11-12H,4-8H2,1H3,(H,18,20)/t12-/m0/s1. The van der Waals surface area contributed by atoms with Crippen molar-refractivity contribution in [2.24, 2.45) is 5.92 Å². The van der Waals surface area contributed by atoms with Crippen LogP contribution in [0.3, 0.4) is 0 Å². The summed E-state index contributed by atoms with van der Waals surface area (Å²) in [6.07, 6.45) is 4.04. The largest absolute Gasteiger partial charge is 0.444 e. The number of rotatable bonds is 3. The van der Waals surface area contributed by atoms with E-state index in [9.17, 15) is 4.79 Å². The molecule has 1 atom stereocenters. The van der Waals surface area contributed by atoms with Gasteiger partial charge in [-0.15, -0.1) is 11.3 Å². The second kappa shape index (κ2) is 5.52. The number of oxazole rings is 1. The van der Waals surface area contributed by atoms with Crippen LogP contribution in [0.15, 0.2) is 22.8 Å². The molecule has 5 nitrogen and oxygen atoms in total. The molecule has 3 aliphatic heterocycles. The normalized spacial score (nSPS) is 27.0. The molecule has 0 saturated carbocycles. The first-order chi connectivity index (χ1) is 10.7. The maximum absolute atomic E-state index is 12.5. The number of amides is 1. The Morgan fingerprint density at radius 1 is 1.41 bits per heavy atom. The lowest BCUT2D eigenvalue weighted by Gasteiger charge is -2.44. The molecule has 2 aromatic rings. The van der Waals surface area contributed by atoms with Gasteiger partial charge in [0.15, 0.2) is 0 Å². The average molecular weight is 317 g/mol. The van der Waals surface area contributed by atoms with E-state index < -0.39 is 0 Å². The van der Waals surface area contributed by atoms with Crippen LogP contribution in [0.25, 0.3) is 10.8 Å². The molecular formula is C16H19N3O2S. The summed E-state index contributed by atoms with van der Waals surface area (Å²) in [5.74, 6) is 1.26. The molecule has 22 heavy (non-hydrogen) atoms. The molecule has 0 unspecified atom stereocenters. The number of nitrogens with one attached hydrogen (secondary N) is 1. The van der Waals surface area contributed by atoms with E-state index in [4.69, 9.17) is 4.42 Å².